The van der Waals surface area contributed by atoms with E-state index in [1.165, 1.54) is 18.9 Å². The summed E-state index contributed by atoms with van der Waals surface area (Å²) in [7, 11) is 1.30. The van der Waals surface area contributed by atoms with E-state index >= 15 is 0 Å². The normalized spacial score (nSPS) is 11.8. The summed E-state index contributed by atoms with van der Waals surface area (Å²) in [5.41, 5.74) is 6.32. The highest BCUT2D eigenvalue weighted by atomic mass is 79.9. The third-order valence-corrected chi connectivity index (χ3v) is 4.66. The number of rotatable bonds is 7. The van der Waals surface area contributed by atoms with Gasteiger partial charge in [0, 0.05) is 8.95 Å². The molecular formula is C13H16Br2N2O3S. The van der Waals surface area contributed by atoms with Crippen molar-refractivity contribution in [2.45, 2.75) is 12.5 Å². The molecule has 21 heavy (non-hydrogen) atoms. The molecular weight excluding hydrogens is 424 g/mol. The smallest absolute Gasteiger partial charge is 0.322 e. The topological polar surface area (TPSA) is 81.4 Å². The number of nitrogens with two attached hydrogens (primary N) is 1. The van der Waals surface area contributed by atoms with Gasteiger partial charge in [-0.2, -0.15) is 11.8 Å². The number of carbonyl (C=O) groups is 2. The number of ether oxygens (including phenoxy) is 1. The van der Waals surface area contributed by atoms with Gasteiger partial charge in [-0.25, -0.2) is 0 Å². The number of nitrogens with one attached hydrogen (secondary N) is 1. The molecule has 0 aliphatic rings. The maximum absolute atomic E-state index is 11.8. The highest BCUT2D eigenvalue weighted by Crippen LogP contribution is 2.26. The standard InChI is InChI=1S/C13H16Br2N2O3S/c1-20-13(19)10(16)4-5-21-7-12(18)17-11-3-2-8(14)6-9(11)15/h2-3,6,10H,4-5,7,16H2,1H3,(H,17,18). The number of carbonyl (C=O) groups excluding carboxylic acids is 2. The average molecular weight is 440 g/mol. The summed E-state index contributed by atoms with van der Waals surface area (Å²) >= 11 is 8.15. The minimum absolute atomic E-state index is 0.102. The summed E-state index contributed by atoms with van der Waals surface area (Å²) < 4.78 is 6.27. The molecule has 5 nitrogen and oxygen atoms in total. The largest absolute Gasteiger partial charge is 0.468 e. The molecule has 0 aliphatic carbocycles. The molecule has 0 aliphatic heterocycles. The van der Waals surface area contributed by atoms with Gasteiger partial charge in [-0.15, -0.1) is 0 Å². The molecule has 1 atom stereocenters. The zero-order valence-electron chi connectivity index (χ0n) is 11.4. The Hall–Kier alpha value is -0.570. The Morgan fingerprint density at radius 3 is 2.76 bits per heavy atom. The van der Waals surface area contributed by atoms with Crippen molar-refractivity contribution in [2.24, 2.45) is 5.73 Å². The van der Waals surface area contributed by atoms with Crippen LogP contribution < -0.4 is 11.1 Å². The van der Waals surface area contributed by atoms with Crippen LogP contribution in [0.5, 0.6) is 0 Å². The highest BCUT2D eigenvalue weighted by Gasteiger charge is 2.13. The third-order valence-electron chi connectivity index (χ3n) is 2.52. The lowest BCUT2D eigenvalue weighted by atomic mass is 10.2. The second-order valence-electron chi connectivity index (χ2n) is 4.14. The van der Waals surface area contributed by atoms with Gasteiger partial charge in [-0.1, -0.05) is 15.9 Å². The van der Waals surface area contributed by atoms with Gasteiger partial charge in [0.1, 0.15) is 6.04 Å². The average Bonchev–Trinajstić information content (AvgIpc) is 2.45. The van der Waals surface area contributed by atoms with E-state index in [0.29, 0.717) is 17.9 Å². The number of anilines is 1. The Kier molecular flexibility index (Phi) is 8.31. The fourth-order valence-electron chi connectivity index (χ4n) is 1.42. The van der Waals surface area contributed by atoms with Crippen LogP contribution in [-0.2, 0) is 14.3 Å². The second-order valence-corrected chi connectivity index (χ2v) is 7.02. The molecule has 0 saturated carbocycles. The molecule has 0 saturated heterocycles. The van der Waals surface area contributed by atoms with Crippen molar-refractivity contribution >= 4 is 61.2 Å². The molecule has 0 heterocycles. The van der Waals surface area contributed by atoms with E-state index in [1.54, 1.807) is 0 Å². The minimum Gasteiger partial charge on any atom is -0.468 e. The van der Waals surface area contributed by atoms with E-state index in [1.807, 2.05) is 18.2 Å². The maximum atomic E-state index is 11.8. The van der Waals surface area contributed by atoms with E-state index in [4.69, 9.17) is 5.73 Å². The fourth-order valence-corrected chi connectivity index (χ4v) is 3.39. The van der Waals surface area contributed by atoms with Crippen LogP contribution in [-0.4, -0.2) is 36.5 Å². The number of halogens is 2. The molecule has 1 rings (SSSR count). The first kappa shape index (κ1) is 18.5. The third kappa shape index (κ3) is 6.82. The van der Waals surface area contributed by atoms with Gasteiger partial charge in [0.05, 0.1) is 18.6 Å². The van der Waals surface area contributed by atoms with Gasteiger partial charge < -0.3 is 15.8 Å². The molecule has 3 N–H and O–H groups in total. The van der Waals surface area contributed by atoms with E-state index in [0.717, 1.165) is 14.6 Å². The highest BCUT2D eigenvalue weighted by molar-refractivity contribution is 9.11. The number of thioether (sulfide) groups is 1. The van der Waals surface area contributed by atoms with Crippen LogP contribution >= 0.6 is 43.6 Å². The number of esters is 1. The van der Waals surface area contributed by atoms with Gasteiger partial charge in [0.2, 0.25) is 5.91 Å². The van der Waals surface area contributed by atoms with Crippen LogP contribution in [0.2, 0.25) is 0 Å². The predicted molar refractivity (Wildman–Crippen MR) is 92.4 cm³/mol. The van der Waals surface area contributed by atoms with Crippen molar-refractivity contribution in [2.75, 3.05) is 23.9 Å². The number of amides is 1. The summed E-state index contributed by atoms with van der Waals surface area (Å²) in [5.74, 6) is 0.384. The Bertz CT molecular complexity index is 514. The Morgan fingerprint density at radius 1 is 1.43 bits per heavy atom. The van der Waals surface area contributed by atoms with Gasteiger partial charge in [0.25, 0.3) is 0 Å². The lowest BCUT2D eigenvalue weighted by Gasteiger charge is -2.09. The van der Waals surface area contributed by atoms with Gasteiger partial charge in [-0.3, -0.25) is 9.59 Å². The first-order valence-corrected chi connectivity index (χ1v) is 8.84. The van der Waals surface area contributed by atoms with Crippen molar-refractivity contribution in [3.05, 3.63) is 27.1 Å². The molecule has 0 radical (unpaired) electrons. The first-order valence-electron chi connectivity index (χ1n) is 6.10. The van der Waals surface area contributed by atoms with Gasteiger partial charge in [-0.05, 0) is 46.3 Å². The molecule has 0 aromatic heterocycles. The van der Waals surface area contributed by atoms with Crippen LogP contribution in [0.3, 0.4) is 0 Å². The van der Waals surface area contributed by atoms with Gasteiger partial charge >= 0.3 is 5.97 Å². The lowest BCUT2D eigenvalue weighted by Crippen LogP contribution is -2.32. The molecule has 0 bridgehead atoms. The summed E-state index contributed by atoms with van der Waals surface area (Å²) in [6.45, 7) is 0. The second kappa shape index (κ2) is 9.45. The minimum atomic E-state index is -0.633. The molecule has 1 aromatic carbocycles. The summed E-state index contributed by atoms with van der Waals surface area (Å²) in [6.07, 6.45) is 0.479. The van der Waals surface area contributed by atoms with Crippen LogP contribution in [0.4, 0.5) is 5.69 Å². The predicted octanol–water partition coefficient (Wildman–Crippen LogP) is 2.77. The molecule has 1 amide bonds. The van der Waals surface area contributed by atoms with Crippen LogP contribution in [0.1, 0.15) is 6.42 Å². The van der Waals surface area contributed by atoms with Crippen molar-refractivity contribution in [1.82, 2.24) is 0 Å². The summed E-state index contributed by atoms with van der Waals surface area (Å²) in [4.78, 5) is 22.9. The quantitative estimate of drug-likeness (QED) is 0.504. The van der Waals surface area contributed by atoms with E-state index in [2.05, 4.69) is 41.9 Å². The van der Waals surface area contributed by atoms with E-state index in [9.17, 15) is 9.59 Å². The van der Waals surface area contributed by atoms with Gasteiger partial charge in [0.15, 0.2) is 0 Å². The first-order chi connectivity index (χ1) is 9.93. The monoisotopic (exact) mass is 438 g/mol. The molecule has 1 aromatic rings. The van der Waals surface area contributed by atoms with Crippen LogP contribution in [0.15, 0.2) is 27.1 Å². The number of methoxy groups -OCH3 is 1. The number of hydrogen-bond acceptors (Lipinski definition) is 5. The SMILES string of the molecule is COC(=O)C(N)CCSCC(=O)Nc1ccc(Br)cc1Br. The number of hydrogen-bond donors (Lipinski definition) is 2. The molecule has 0 spiro atoms. The van der Waals surface area contributed by atoms with Crippen molar-refractivity contribution in [3.8, 4) is 0 Å². The summed E-state index contributed by atoms with van der Waals surface area (Å²) in [5, 5.41) is 2.81. The Balaban J connectivity index is 2.30. The maximum Gasteiger partial charge on any atom is 0.322 e. The Morgan fingerprint density at radius 2 is 2.14 bits per heavy atom. The molecule has 1 unspecified atom stereocenters. The van der Waals surface area contributed by atoms with Crippen LogP contribution in [0.25, 0.3) is 0 Å². The zero-order chi connectivity index (χ0) is 15.8. The van der Waals surface area contributed by atoms with E-state index < -0.39 is 12.0 Å². The summed E-state index contributed by atoms with van der Waals surface area (Å²) in [6, 6.07) is 4.89. The molecule has 0 fully saturated rings. The van der Waals surface area contributed by atoms with Crippen molar-refractivity contribution in [3.63, 3.8) is 0 Å². The number of benzene rings is 1. The zero-order valence-corrected chi connectivity index (χ0v) is 15.4. The lowest BCUT2D eigenvalue weighted by molar-refractivity contribution is -0.142. The van der Waals surface area contributed by atoms with Crippen molar-refractivity contribution < 1.29 is 14.3 Å². The van der Waals surface area contributed by atoms with Crippen LogP contribution in [0, 0.1) is 0 Å². The van der Waals surface area contributed by atoms with Crippen molar-refractivity contribution in [1.29, 1.82) is 0 Å². The Labute approximate surface area is 144 Å². The molecule has 116 valence electrons. The fraction of sp³-hybridized carbons (Fsp3) is 0.385. The molecule has 8 heteroatoms. The van der Waals surface area contributed by atoms with E-state index in [-0.39, 0.29) is 5.91 Å².